The Labute approximate surface area is 181 Å². The molecule has 0 saturated carbocycles. The third-order valence-corrected chi connectivity index (χ3v) is 5.09. The first-order valence-electron chi connectivity index (χ1n) is 10.3. The number of halogens is 1. The van der Waals surface area contributed by atoms with E-state index in [0.717, 1.165) is 0 Å². The monoisotopic (exact) mass is 426 g/mol. The minimum absolute atomic E-state index is 0.0270. The summed E-state index contributed by atoms with van der Waals surface area (Å²) in [5.74, 6) is -0.819. The van der Waals surface area contributed by atoms with Gasteiger partial charge in [0.1, 0.15) is 5.82 Å². The molecule has 2 aromatic rings. The molecule has 2 aromatic carbocycles. The molecule has 0 aromatic heterocycles. The predicted octanol–water partition coefficient (Wildman–Crippen LogP) is 3.52. The van der Waals surface area contributed by atoms with Gasteiger partial charge < -0.3 is 20.4 Å². The molecule has 7 nitrogen and oxygen atoms in total. The summed E-state index contributed by atoms with van der Waals surface area (Å²) in [6, 6.07) is 11.0. The lowest BCUT2D eigenvalue weighted by molar-refractivity contribution is 0.0747. The van der Waals surface area contributed by atoms with Crippen LogP contribution in [0.1, 0.15) is 41.5 Å². The number of ketones is 1. The number of nitrogens with one attached hydrogen (secondary N) is 2. The Kier molecular flexibility index (Phi) is 6.89. The maximum Gasteiger partial charge on any atom is 0.319 e. The van der Waals surface area contributed by atoms with Gasteiger partial charge in [0, 0.05) is 37.8 Å². The fraction of sp³-hybridized carbons (Fsp3) is 0.348. The van der Waals surface area contributed by atoms with Crippen LogP contribution in [0.25, 0.3) is 0 Å². The maximum absolute atomic E-state index is 14.5. The second-order valence-corrected chi connectivity index (χ2v) is 7.80. The first-order valence-corrected chi connectivity index (χ1v) is 10.3. The molecule has 0 aliphatic carbocycles. The minimum atomic E-state index is -0.446. The smallest absolute Gasteiger partial charge is 0.319 e. The van der Waals surface area contributed by atoms with E-state index in [9.17, 15) is 18.8 Å². The zero-order valence-electron chi connectivity index (χ0n) is 17.9. The van der Waals surface area contributed by atoms with Crippen molar-refractivity contribution in [2.24, 2.45) is 0 Å². The second-order valence-electron chi connectivity index (χ2n) is 7.80. The van der Waals surface area contributed by atoms with E-state index in [0.29, 0.717) is 48.7 Å². The molecule has 0 bridgehead atoms. The van der Waals surface area contributed by atoms with Gasteiger partial charge in [-0.3, -0.25) is 9.59 Å². The molecule has 1 fully saturated rings. The van der Waals surface area contributed by atoms with Crippen LogP contribution in [0.2, 0.25) is 0 Å². The lowest BCUT2D eigenvalue weighted by atomic mass is 10.1. The van der Waals surface area contributed by atoms with Crippen molar-refractivity contribution in [1.29, 1.82) is 0 Å². The molecule has 164 valence electrons. The lowest BCUT2D eigenvalue weighted by Gasteiger charge is -2.36. The van der Waals surface area contributed by atoms with Gasteiger partial charge in [0.2, 0.25) is 0 Å². The number of carbonyl (C=O) groups is 3. The van der Waals surface area contributed by atoms with Crippen LogP contribution in [0.5, 0.6) is 0 Å². The number of hydrogen-bond acceptors (Lipinski definition) is 4. The average molecular weight is 426 g/mol. The summed E-state index contributed by atoms with van der Waals surface area (Å²) in [6.07, 6.45) is 0. The fourth-order valence-electron chi connectivity index (χ4n) is 3.50. The van der Waals surface area contributed by atoms with Gasteiger partial charge in [-0.15, -0.1) is 0 Å². The second kappa shape index (κ2) is 9.59. The number of carbonyl (C=O) groups excluding carboxylic acids is 3. The first kappa shape index (κ1) is 22.3. The Balaban J connectivity index is 1.67. The first-order chi connectivity index (χ1) is 14.8. The molecule has 1 heterocycles. The molecule has 2 N–H and O–H groups in total. The number of hydrogen-bond donors (Lipinski definition) is 2. The van der Waals surface area contributed by atoms with Crippen LogP contribution in [-0.4, -0.2) is 54.8 Å². The molecule has 0 atom stereocenters. The summed E-state index contributed by atoms with van der Waals surface area (Å²) in [6.45, 7) is 6.87. The minimum Gasteiger partial charge on any atom is -0.366 e. The molecule has 31 heavy (non-hydrogen) atoms. The summed E-state index contributed by atoms with van der Waals surface area (Å²) < 4.78 is 14.5. The molecule has 1 aliphatic heterocycles. The van der Waals surface area contributed by atoms with Crippen LogP contribution in [0.15, 0.2) is 42.5 Å². The number of amides is 3. The van der Waals surface area contributed by atoms with E-state index in [1.165, 1.54) is 13.0 Å². The van der Waals surface area contributed by atoms with Gasteiger partial charge in [-0.1, -0.05) is 12.1 Å². The Morgan fingerprint density at radius 3 is 2.29 bits per heavy atom. The number of nitrogens with zero attached hydrogens (tertiary/aromatic N) is 2. The van der Waals surface area contributed by atoms with E-state index in [2.05, 4.69) is 10.6 Å². The van der Waals surface area contributed by atoms with Crippen molar-refractivity contribution in [3.63, 3.8) is 0 Å². The zero-order chi connectivity index (χ0) is 22.5. The molecule has 0 radical (unpaired) electrons. The van der Waals surface area contributed by atoms with Crippen LogP contribution >= 0.6 is 0 Å². The van der Waals surface area contributed by atoms with Gasteiger partial charge in [-0.2, -0.15) is 0 Å². The van der Waals surface area contributed by atoms with E-state index in [1.807, 2.05) is 18.7 Å². The fourth-order valence-corrected chi connectivity index (χ4v) is 3.50. The van der Waals surface area contributed by atoms with Gasteiger partial charge in [-0.05, 0) is 51.1 Å². The van der Waals surface area contributed by atoms with Crippen molar-refractivity contribution < 1.29 is 18.8 Å². The zero-order valence-corrected chi connectivity index (χ0v) is 17.9. The molecule has 0 spiro atoms. The number of Topliss-reactive ketones (excluding diaryl/α,β-unsaturated/α-hetero) is 1. The maximum atomic E-state index is 14.5. The van der Waals surface area contributed by atoms with Gasteiger partial charge >= 0.3 is 6.03 Å². The Bertz CT molecular complexity index is 985. The van der Waals surface area contributed by atoms with Crippen molar-refractivity contribution in [1.82, 2.24) is 10.2 Å². The standard InChI is InChI=1S/C23H27FN4O3/c1-15(2)25-23(31)26-20-7-5-4-6-18(20)22(30)28-12-10-27(11-13-28)21-9-8-17(16(3)29)14-19(21)24/h4-9,14-15H,10-13H2,1-3H3,(H2,25,26,31). The van der Waals surface area contributed by atoms with Crippen molar-refractivity contribution in [2.45, 2.75) is 26.8 Å². The van der Waals surface area contributed by atoms with E-state index in [-0.39, 0.29) is 23.8 Å². The largest absolute Gasteiger partial charge is 0.366 e. The molecule has 0 unspecified atom stereocenters. The molecule has 8 heteroatoms. The molecular formula is C23H27FN4O3. The summed E-state index contributed by atoms with van der Waals surface area (Å²) >= 11 is 0. The highest BCUT2D eigenvalue weighted by atomic mass is 19.1. The highest BCUT2D eigenvalue weighted by Gasteiger charge is 2.25. The van der Waals surface area contributed by atoms with Gasteiger partial charge in [0.25, 0.3) is 5.91 Å². The quantitative estimate of drug-likeness (QED) is 0.717. The number of benzene rings is 2. The number of anilines is 2. The highest BCUT2D eigenvalue weighted by molar-refractivity contribution is 6.03. The molecular weight excluding hydrogens is 399 g/mol. The molecule has 3 amide bonds. The van der Waals surface area contributed by atoms with Crippen LogP contribution in [-0.2, 0) is 0 Å². The van der Waals surface area contributed by atoms with Crippen molar-refractivity contribution in [3.8, 4) is 0 Å². The molecule has 1 aliphatic rings. The Morgan fingerprint density at radius 1 is 1.00 bits per heavy atom. The number of piperazine rings is 1. The van der Waals surface area contributed by atoms with Gasteiger partial charge in [-0.25, -0.2) is 9.18 Å². The average Bonchev–Trinajstić information content (AvgIpc) is 2.73. The molecule has 1 saturated heterocycles. The summed E-state index contributed by atoms with van der Waals surface area (Å²) in [5, 5.41) is 5.47. The van der Waals surface area contributed by atoms with Crippen molar-refractivity contribution in [3.05, 3.63) is 59.4 Å². The van der Waals surface area contributed by atoms with E-state index >= 15 is 0 Å². The van der Waals surface area contributed by atoms with Crippen molar-refractivity contribution >= 4 is 29.1 Å². The Morgan fingerprint density at radius 2 is 1.68 bits per heavy atom. The van der Waals surface area contributed by atoms with Crippen LogP contribution in [0, 0.1) is 5.82 Å². The lowest BCUT2D eigenvalue weighted by Crippen LogP contribution is -2.49. The number of para-hydroxylation sites is 1. The normalized spacial score (nSPS) is 13.8. The van der Waals surface area contributed by atoms with Crippen molar-refractivity contribution in [2.75, 3.05) is 36.4 Å². The summed E-state index contributed by atoms with van der Waals surface area (Å²) in [5.41, 5.74) is 1.61. The van der Waals surface area contributed by atoms with E-state index in [4.69, 9.17) is 0 Å². The highest BCUT2D eigenvalue weighted by Crippen LogP contribution is 2.24. The molecule has 3 rings (SSSR count). The third kappa shape index (κ3) is 5.39. The van der Waals surface area contributed by atoms with Crippen LogP contribution < -0.4 is 15.5 Å². The Hall–Kier alpha value is -3.42. The van der Waals surface area contributed by atoms with E-state index < -0.39 is 5.82 Å². The van der Waals surface area contributed by atoms with E-state index in [1.54, 1.807) is 41.3 Å². The number of rotatable bonds is 5. The van der Waals surface area contributed by atoms with Crippen LogP contribution in [0.3, 0.4) is 0 Å². The van der Waals surface area contributed by atoms with Crippen LogP contribution in [0.4, 0.5) is 20.6 Å². The SMILES string of the molecule is CC(=O)c1ccc(N2CCN(C(=O)c3ccccc3NC(=O)NC(C)C)CC2)c(F)c1. The van der Waals surface area contributed by atoms with Gasteiger partial charge in [0.15, 0.2) is 5.78 Å². The summed E-state index contributed by atoms with van der Waals surface area (Å²) in [4.78, 5) is 40.1. The topological polar surface area (TPSA) is 81.8 Å². The van der Waals surface area contributed by atoms with Gasteiger partial charge in [0.05, 0.1) is 16.9 Å². The predicted molar refractivity (Wildman–Crippen MR) is 118 cm³/mol. The third-order valence-electron chi connectivity index (χ3n) is 5.09. The summed E-state index contributed by atoms with van der Waals surface area (Å²) in [7, 11) is 0. The number of urea groups is 1.